The van der Waals surface area contributed by atoms with E-state index in [-0.39, 0.29) is 23.6 Å². The molecule has 148 valence electrons. The van der Waals surface area contributed by atoms with Crippen LogP contribution in [0.1, 0.15) is 19.4 Å². The van der Waals surface area contributed by atoms with Crippen molar-refractivity contribution in [2.75, 3.05) is 19.2 Å². The number of fused-ring (bicyclic) bond motifs is 1. The summed E-state index contributed by atoms with van der Waals surface area (Å²) in [6, 6.07) is 11.3. The highest BCUT2D eigenvalue weighted by atomic mass is 32.2. The molecule has 0 unspecified atom stereocenters. The van der Waals surface area contributed by atoms with Crippen LogP contribution in [-0.4, -0.2) is 38.5 Å². The minimum Gasteiger partial charge on any atom is -0.454 e. The molecular weight excluding hydrogens is 380 g/mol. The summed E-state index contributed by atoms with van der Waals surface area (Å²) in [6.45, 7) is 3.80. The Bertz CT molecular complexity index is 998. The number of anilines is 1. The Hall–Kier alpha value is -2.84. The Labute approximate surface area is 164 Å². The van der Waals surface area contributed by atoms with E-state index in [1.807, 2.05) is 6.07 Å². The van der Waals surface area contributed by atoms with Gasteiger partial charge in [-0.2, -0.15) is 4.31 Å². The van der Waals surface area contributed by atoms with E-state index in [1.165, 1.54) is 29.6 Å². The van der Waals surface area contributed by atoms with Gasteiger partial charge in [0.2, 0.25) is 22.7 Å². The van der Waals surface area contributed by atoms with Crippen LogP contribution in [0.5, 0.6) is 11.5 Å². The van der Waals surface area contributed by atoms with E-state index < -0.39 is 10.0 Å². The molecule has 0 saturated carbocycles. The van der Waals surface area contributed by atoms with Crippen LogP contribution in [0.2, 0.25) is 0 Å². The van der Waals surface area contributed by atoms with Gasteiger partial charge in [0.15, 0.2) is 11.5 Å². The smallest absolute Gasteiger partial charge is 0.248 e. The highest BCUT2D eigenvalue weighted by Gasteiger charge is 2.22. The minimum atomic E-state index is -3.55. The Morgan fingerprint density at radius 1 is 1.11 bits per heavy atom. The molecule has 28 heavy (non-hydrogen) atoms. The topological polar surface area (TPSA) is 84.9 Å². The first-order valence-corrected chi connectivity index (χ1v) is 10.2. The molecule has 0 fully saturated rings. The van der Waals surface area contributed by atoms with Crippen molar-refractivity contribution in [3.05, 3.63) is 54.1 Å². The predicted molar refractivity (Wildman–Crippen MR) is 107 cm³/mol. The molecule has 0 aliphatic carbocycles. The second kappa shape index (κ2) is 8.04. The van der Waals surface area contributed by atoms with Gasteiger partial charge >= 0.3 is 0 Å². The second-order valence-corrected chi connectivity index (χ2v) is 8.57. The number of nitrogens with one attached hydrogen (secondary N) is 1. The van der Waals surface area contributed by atoms with Gasteiger partial charge < -0.3 is 14.8 Å². The zero-order chi connectivity index (χ0) is 20.3. The Balaban J connectivity index is 1.64. The highest BCUT2D eigenvalue weighted by Crippen LogP contribution is 2.32. The first-order chi connectivity index (χ1) is 13.3. The van der Waals surface area contributed by atoms with E-state index in [0.29, 0.717) is 17.2 Å². The summed E-state index contributed by atoms with van der Waals surface area (Å²) in [5.74, 6) is 0.998. The molecule has 1 aliphatic heterocycles. The number of carbonyl (C=O) groups excluding carboxylic acids is 1. The van der Waals surface area contributed by atoms with E-state index in [0.717, 1.165) is 5.56 Å². The number of ether oxygens (including phenoxy) is 2. The molecule has 7 nitrogen and oxygen atoms in total. The molecular formula is C20H22N2O5S. The number of amides is 1. The third-order valence-corrected chi connectivity index (χ3v) is 6.40. The number of hydrogen-bond donors (Lipinski definition) is 1. The van der Waals surface area contributed by atoms with Gasteiger partial charge in [-0.05, 0) is 61.9 Å². The van der Waals surface area contributed by atoms with Crippen LogP contribution in [-0.2, 0) is 14.8 Å². The van der Waals surface area contributed by atoms with Crippen LogP contribution in [0.25, 0.3) is 6.08 Å². The van der Waals surface area contributed by atoms with Crippen LogP contribution in [0.3, 0.4) is 0 Å². The maximum Gasteiger partial charge on any atom is 0.248 e. The summed E-state index contributed by atoms with van der Waals surface area (Å²) < 4.78 is 36.8. The van der Waals surface area contributed by atoms with Crippen molar-refractivity contribution in [2.24, 2.45) is 0 Å². The van der Waals surface area contributed by atoms with Crippen LogP contribution in [0.4, 0.5) is 5.69 Å². The lowest BCUT2D eigenvalue weighted by Gasteiger charge is -2.21. The lowest BCUT2D eigenvalue weighted by molar-refractivity contribution is -0.111. The van der Waals surface area contributed by atoms with Crippen molar-refractivity contribution in [2.45, 2.75) is 24.8 Å². The monoisotopic (exact) mass is 402 g/mol. The number of benzene rings is 2. The van der Waals surface area contributed by atoms with Gasteiger partial charge in [0.1, 0.15) is 0 Å². The van der Waals surface area contributed by atoms with Gasteiger partial charge in [0.25, 0.3) is 0 Å². The molecule has 3 rings (SSSR count). The molecule has 0 bridgehead atoms. The van der Waals surface area contributed by atoms with E-state index in [2.05, 4.69) is 5.32 Å². The molecule has 0 aromatic heterocycles. The summed E-state index contributed by atoms with van der Waals surface area (Å²) in [4.78, 5) is 12.3. The van der Waals surface area contributed by atoms with Gasteiger partial charge in [-0.3, -0.25) is 4.79 Å². The fourth-order valence-corrected chi connectivity index (χ4v) is 3.89. The molecule has 2 aromatic rings. The van der Waals surface area contributed by atoms with E-state index in [1.54, 1.807) is 44.2 Å². The summed E-state index contributed by atoms with van der Waals surface area (Å²) in [6.07, 6.45) is 3.06. The summed E-state index contributed by atoms with van der Waals surface area (Å²) in [7, 11) is -2.01. The minimum absolute atomic E-state index is 0.148. The second-order valence-electron chi connectivity index (χ2n) is 6.57. The van der Waals surface area contributed by atoms with Crippen LogP contribution < -0.4 is 14.8 Å². The quantitative estimate of drug-likeness (QED) is 0.751. The standard InChI is InChI=1S/C20H22N2O5S/c1-14(2)22(3)28(24,25)17-8-6-16(7-9-17)21-20(23)11-5-15-4-10-18-19(12-15)27-13-26-18/h4-12,14H,13H2,1-3H3,(H,21,23)/b11-5+. The molecule has 0 atom stereocenters. The van der Waals surface area contributed by atoms with Gasteiger partial charge in [-0.1, -0.05) is 6.07 Å². The normalized spacial score (nSPS) is 13.5. The van der Waals surface area contributed by atoms with Crippen molar-refractivity contribution in [1.29, 1.82) is 0 Å². The average Bonchev–Trinajstić information content (AvgIpc) is 3.14. The largest absolute Gasteiger partial charge is 0.454 e. The molecule has 1 heterocycles. The maximum absolute atomic E-state index is 12.5. The first-order valence-electron chi connectivity index (χ1n) is 8.74. The molecule has 2 aromatic carbocycles. The predicted octanol–water partition coefficient (Wildman–Crippen LogP) is 3.10. The number of rotatable bonds is 6. The Morgan fingerprint density at radius 3 is 2.46 bits per heavy atom. The molecule has 8 heteroatoms. The van der Waals surface area contributed by atoms with Gasteiger partial charge in [0.05, 0.1) is 4.90 Å². The van der Waals surface area contributed by atoms with Crippen molar-refractivity contribution in [1.82, 2.24) is 4.31 Å². The van der Waals surface area contributed by atoms with Crippen molar-refractivity contribution < 1.29 is 22.7 Å². The highest BCUT2D eigenvalue weighted by molar-refractivity contribution is 7.89. The van der Waals surface area contributed by atoms with E-state index >= 15 is 0 Å². The third kappa shape index (κ3) is 4.35. The van der Waals surface area contributed by atoms with Crippen LogP contribution >= 0.6 is 0 Å². The number of sulfonamides is 1. The maximum atomic E-state index is 12.5. The summed E-state index contributed by atoms with van der Waals surface area (Å²) >= 11 is 0. The molecule has 0 saturated heterocycles. The molecule has 1 aliphatic rings. The lowest BCUT2D eigenvalue weighted by atomic mass is 10.2. The van der Waals surface area contributed by atoms with E-state index in [4.69, 9.17) is 9.47 Å². The first kappa shape index (κ1) is 19.9. The number of carbonyl (C=O) groups is 1. The van der Waals surface area contributed by atoms with Crippen molar-refractivity contribution in [3.8, 4) is 11.5 Å². The number of hydrogen-bond acceptors (Lipinski definition) is 5. The lowest BCUT2D eigenvalue weighted by Crippen LogP contribution is -2.33. The Kier molecular flexibility index (Phi) is 5.71. The molecule has 0 radical (unpaired) electrons. The number of nitrogens with zero attached hydrogens (tertiary/aromatic N) is 1. The average molecular weight is 402 g/mol. The Morgan fingerprint density at radius 2 is 1.79 bits per heavy atom. The molecule has 1 N–H and O–H groups in total. The molecule has 0 spiro atoms. The summed E-state index contributed by atoms with van der Waals surface area (Å²) in [5, 5.41) is 2.71. The van der Waals surface area contributed by atoms with Crippen LogP contribution in [0.15, 0.2) is 53.4 Å². The molecule has 1 amide bonds. The fourth-order valence-electron chi connectivity index (χ4n) is 2.53. The fraction of sp³-hybridized carbons (Fsp3) is 0.250. The van der Waals surface area contributed by atoms with Crippen molar-refractivity contribution in [3.63, 3.8) is 0 Å². The van der Waals surface area contributed by atoms with Crippen LogP contribution in [0, 0.1) is 0 Å². The zero-order valence-electron chi connectivity index (χ0n) is 15.9. The van der Waals surface area contributed by atoms with Gasteiger partial charge in [-0.25, -0.2) is 8.42 Å². The summed E-state index contributed by atoms with van der Waals surface area (Å²) in [5.41, 5.74) is 1.31. The van der Waals surface area contributed by atoms with E-state index in [9.17, 15) is 13.2 Å². The van der Waals surface area contributed by atoms with Gasteiger partial charge in [-0.15, -0.1) is 0 Å². The zero-order valence-corrected chi connectivity index (χ0v) is 16.7. The third-order valence-electron chi connectivity index (χ3n) is 4.35. The van der Waals surface area contributed by atoms with Crippen molar-refractivity contribution >= 4 is 27.7 Å². The SMILES string of the molecule is CC(C)N(C)S(=O)(=O)c1ccc(NC(=O)/C=C/c2ccc3c(c2)OCO3)cc1. The van der Waals surface area contributed by atoms with Gasteiger partial charge in [0, 0.05) is 24.9 Å².